The van der Waals surface area contributed by atoms with E-state index in [9.17, 15) is 0 Å². The van der Waals surface area contributed by atoms with E-state index in [2.05, 4.69) is 31.3 Å². The lowest BCUT2D eigenvalue weighted by Gasteiger charge is -2.17. The fourth-order valence-corrected chi connectivity index (χ4v) is 2.47. The van der Waals surface area contributed by atoms with Gasteiger partial charge in [-0.05, 0) is 41.6 Å². The molecular weight excluding hydrogens is 284 g/mol. The third kappa shape index (κ3) is 3.29. The second-order valence-electron chi connectivity index (χ2n) is 4.22. The molecule has 1 aliphatic rings. The van der Waals surface area contributed by atoms with Gasteiger partial charge >= 0.3 is 0 Å². The summed E-state index contributed by atoms with van der Waals surface area (Å²) < 4.78 is 6.60. The van der Waals surface area contributed by atoms with Gasteiger partial charge in [-0.15, -0.1) is 0 Å². The number of nitrogens with zero attached hydrogens (tertiary/aromatic N) is 2. The Balaban J connectivity index is 2.06. The van der Waals surface area contributed by atoms with Crippen molar-refractivity contribution < 1.29 is 4.74 Å². The number of halogens is 1. The van der Waals surface area contributed by atoms with Gasteiger partial charge in [-0.2, -0.15) is 0 Å². The van der Waals surface area contributed by atoms with Crippen LogP contribution in [0, 0.1) is 0 Å². The number of hydrogen-bond acceptors (Lipinski definition) is 5. The van der Waals surface area contributed by atoms with E-state index in [0.717, 1.165) is 12.8 Å². The molecule has 0 spiro atoms. The summed E-state index contributed by atoms with van der Waals surface area (Å²) in [6, 6.07) is 0. The molecule has 3 N–H and O–H groups in total. The standard InChI is InChI=1S/C11H17BrN4O/c12-9-10(16-13)14-7-15-11(9)17-8-5-3-1-2-4-6-8/h7-8H,1-6,13H2,(H,14,15,16). The maximum atomic E-state index is 5.92. The van der Waals surface area contributed by atoms with Crippen molar-refractivity contribution in [2.75, 3.05) is 5.43 Å². The fourth-order valence-electron chi connectivity index (χ4n) is 2.05. The van der Waals surface area contributed by atoms with Gasteiger partial charge in [0.1, 0.15) is 16.9 Å². The molecule has 1 saturated carbocycles. The van der Waals surface area contributed by atoms with Crippen LogP contribution in [-0.2, 0) is 0 Å². The number of anilines is 1. The first kappa shape index (κ1) is 12.6. The summed E-state index contributed by atoms with van der Waals surface area (Å²) in [6.45, 7) is 0. The van der Waals surface area contributed by atoms with Crippen molar-refractivity contribution in [1.29, 1.82) is 0 Å². The van der Waals surface area contributed by atoms with Crippen LogP contribution in [0.25, 0.3) is 0 Å². The average molecular weight is 301 g/mol. The third-order valence-electron chi connectivity index (χ3n) is 2.97. The van der Waals surface area contributed by atoms with E-state index in [1.54, 1.807) is 0 Å². The first-order valence-corrected chi connectivity index (χ1v) is 6.74. The zero-order valence-corrected chi connectivity index (χ0v) is 11.2. The van der Waals surface area contributed by atoms with Crippen LogP contribution in [0.1, 0.15) is 38.5 Å². The second kappa shape index (κ2) is 6.16. The van der Waals surface area contributed by atoms with E-state index in [4.69, 9.17) is 10.6 Å². The fraction of sp³-hybridized carbons (Fsp3) is 0.636. The lowest BCUT2D eigenvalue weighted by molar-refractivity contribution is 0.174. The predicted octanol–water partition coefficient (Wildman–Crippen LogP) is 2.63. The summed E-state index contributed by atoms with van der Waals surface area (Å²) >= 11 is 3.40. The van der Waals surface area contributed by atoms with E-state index in [-0.39, 0.29) is 6.10 Å². The first-order chi connectivity index (χ1) is 8.31. The molecule has 6 heteroatoms. The molecule has 1 fully saturated rings. The molecule has 1 aromatic rings. The minimum Gasteiger partial charge on any atom is -0.473 e. The van der Waals surface area contributed by atoms with Crippen molar-refractivity contribution in [2.24, 2.45) is 5.84 Å². The Morgan fingerprint density at radius 3 is 2.59 bits per heavy atom. The van der Waals surface area contributed by atoms with Crippen molar-refractivity contribution in [3.8, 4) is 5.88 Å². The quantitative estimate of drug-likeness (QED) is 0.510. The Labute approximate surface area is 109 Å². The lowest BCUT2D eigenvalue weighted by atomic mass is 10.1. The molecule has 0 bridgehead atoms. The molecule has 0 aromatic carbocycles. The highest BCUT2D eigenvalue weighted by molar-refractivity contribution is 9.10. The summed E-state index contributed by atoms with van der Waals surface area (Å²) in [5.41, 5.74) is 2.51. The number of nitrogens with two attached hydrogens (primary N) is 1. The maximum absolute atomic E-state index is 5.92. The summed E-state index contributed by atoms with van der Waals surface area (Å²) in [7, 11) is 0. The van der Waals surface area contributed by atoms with Crippen LogP contribution < -0.4 is 16.0 Å². The van der Waals surface area contributed by atoms with Gasteiger partial charge in [-0.3, -0.25) is 0 Å². The second-order valence-corrected chi connectivity index (χ2v) is 5.01. The lowest BCUT2D eigenvalue weighted by Crippen LogP contribution is -2.17. The normalized spacial score (nSPS) is 17.5. The van der Waals surface area contributed by atoms with E-state index in [1.165, 1.54) is 32.0 Å². The number of hydrazine groups is 1. The highest BCUT2D eigenvalue weighted by Crippen LogP contribution is 2.30. The zero-order valence-electron chi connectivity index (χ0n) is 9.66. The SMILES string of the molecule is NNc1ncnc(OC2CCCCCC2)c1Br. The Bertz CT molecular complexity index is 366. The van der Waals surface area contributed by atoms with Gasteiger partial charge in [0.05, 0.1) is 0 Å². The highest BCUT2D eigenvalue weighted by atomic mass is 79.9. The predicted molar refractivity (Wildman–Crippen MR) is 69.7 cm³/mol. The van der Waals surface area contributed by atoms with E-state index >= 15 is 0 Å². The molecule has 0 aliphatic heterocycles. The molecule has 1 aromatic heterocycles. The van der Waals surface area contributed by atoms with Crippen LogP contribution in [0.4, 0.5) is 5.82 Å². The van der Waals surface area contributed by atoms with Gasteiger partial charge in [0.25, 0.3) is 0 Å². The minimum atomic E-state index is 0.259. The molecule has 1 heterocycles. The van der Waals surface area contributed by atoms with Gasteiger partial charge in [0.2, 0.25) is 5.88 Å². The average Bonchev–Trinajstić information content (AvgIpc) is 2.60. The molecular formula is C11H17BrN4O. The van der Waals surface area contributed by atoms with Crippen LogP contribution in [0.15, 0.2) is 10.8 Å². The van der Waals surface area contributed by atoms with Crippen molar-refractivity contribution in [3.63, 3.8) is 0 Å². The molecule has 0 saturated heterocycles. The molecule has 5 nitrogen and oxygen atoms in total. The van der Waals surface area contributed by atoms with Crippen molar-refractivity contribution >= 4 is 21.7 Å². The summed E-state index contributed by atoms with van der Waals surface area (Å²) in [5.74, 6) is 6.47. The Kier molecular flexibility index (Phi) is 4.56. The first-order valence-electron chi connectivity index (χ1n) is 5.95. The molecule has 17 heavy (non-hydrogen) atoms. The topological polar surface area (TPSA) is 73.1 Å². The van der Waals surface area contributed by atoms with Gasteiger partial charge in [0, 0.05) is 0 Å². The zero-order chi connectivity index (χ0) is 12.1. The molecule has 94 valence electrons. The number of nitrogen functional groups attached to an aromatic ring is 1. The van der Waals surface area contributed by atoms with Crippen LogP contribution in [0.2, 0.25) is 0 Å². The van der Waals surface area contributed by atoms with Crippen LogP contribution in [-0.4, -0.2) is 16.1 Å². The summed E-state index contributed by atoms with van der Waals surface area (Å²) in [6.07, 6.45) is 8.98. The third-order valence-corrected chi connectivity index (χ3v) is 3.69. The smallest absolute Gasteiger partial charge is 0.233 e. The minimum absolute atomic E-state index is 0.259. The molecule has 0 radical (unpaired) electrons. The number of rotatable bonds is 3. The Morgan fingerprint density at radius 1 is 1.24 bits per heavy atom. The monoisotopic (exact) mass is 300 g/mol. The van der Waals surface area contributed by atoms with E-state index in [1.807, 2.05) is 0 Å². The van der Waals surface area contributed by atoms with Gasteiger partial charge in [-0.25, -0.2) is 15.8 Å². The summed E-state index contributed by atoms with van der Waals surface area (Å²) in [5, 5.41) is 0. The van der Waals surface area contributed by atoms with Gasteiger partial charge < -0.3 is 10.2 Å². The van der Waals surface area contributed by atoms with E-state index in [0.29, 0.717) is 16.2 Å². The van der Waals surface area contributed by atoms with Crippen molar-refractivity contribution in [2.45, 2.75) is 44.6 Å². The molecule has 0 atom stereocenters. The van der Waals surface area contributed by atoms with Gasteiger partial charge in [-0.1, -0.05) is 12.8 Å². The number of ether oxygens (including phenoxy) is 1. The van der Waals surface area contributed by atoms with Crippen LogP contribution in [0.5, 0.6) is 5.88 Å². The number of hydrogen-bond donors (Lipinski definition) is 2. The van der Waals surface area contributed by atoms with Gasteiger partial charge in [0.15, 0.2) is 5.82 Å². The largest absolute Gasteiger partial charge is 0.473 e. The molecule has 1 aliphatic carbocycles. The van der Waals surface area contributed by atoms with E-state index < -0.39 is 0 Å². The highest BCUT2D eigenvalue weighted by Gasteiger charge is 2.17. The van der Waals surface area contributed by atoms with Crippen LogP contribution in [0.3, 0.4) is 0 Å². The van der Waals surface area contributed by atoms with Crippen LogP contribution >= 0.6 is 15.9 Å². The molecule has 2 rings (SSSR count). The number of nitrogens with one attached hydrogen (secondary N) is 1. The van der Waals surface area contributed by atoms with Crippen molar-refractivity contribution in [1.82, 2.24) is 9.97 Å². The molecule has 0 amide bonds. The van der Waals surface area contributed by atoms with Crippen molar-refractivity contribution in [3.05, 3.63) is 10.8 Å². The Hall–Kier alpha value is -0.880. The molecule has 0 unspecified atom stereocenters. The Morgan fingerprint density at radius 2 is 1.94 bits per heavy atom. The summed E-state index contributed by atoms with van der Waals surface area (Å²) in [4.78, 5) is 8.13. The maximum Gasteiger partial charge on any atom is 0.233 e. The number of aromatic nitrogens is 2.